The molecule has 4 atom stereocenters. The minimum atomic E-state index is 0.355. The molecule has 3 fully saturated rings. The smallest absolute Gasteiger partial charge is 0.0434 e. The average molecular weight is 309 g/mol. The van der Waals surface area contributed by atoms with Gasteiger partial charge in [0.25, 0.3) is 0 Å². The monoisotopic (exact) mass is 308 g/mol. The Hall–Kier alpha value is -0.120. The van der Waals surface area contributed by atoms with Gasteiger partial charge in [-0.25, -0.2) is 0 Å². The maximum absolute atomic E-state index is 9.35. The summed E-state index contributed by atoms with van der Waals surface area (Å²) in [5.74, 6) is 2.49. The molecule has 128 valence electrons. The van der Waals surface area contributed by atoms with E-state index in [1.807, 2.05) is 0 Å². The number of rotatable bonds is 6. The summed E-state index contributed by atoms with van der Waals surface area (Å²) in [5, 5.41) is 13.3. The van der Waals surface area contributed by atoms with E-state index in [2.05, 4.69) is 17.1 Å². The average Bonchev–Trinajstić information content (AvgIpc) is 2.53. The van der Waals surface area contributed by atoms with Crippen LogP contribution in [0.25, 0.3) is 0 Å². The number of aliphatic hydroxyl groups is 1. The Morgan fingerprint density at radius 1 is 1.00 bits per heavy atom. The topological polar surface area (TPSA) is 35.5 Å². The molecule has 1 heterocycles. The van der Waals surface area contributed by atoms with Crippen molar-refractivity contribution in [2.45, 2.75) is 76.8 Å². The Labute approximate surface area is 136 Å². The van der Waals surface area contributed by atoms with Gasteiger partial charge in [-0.05, 0) is 62.8 Å². The Morgan fingerprint density at radius 2 is 1.82 bits per heavy atom. The molecule has 0 bridgehead atoms. The zero-order valence-corrected chi connectivity index (χ0v) is 14.5. The number of hydrogen-bond donors (Lipinski definition) is 2. The van der Waals surface area contributed by atoms with Crippen LogP contribution in [-0.4, -0.2) is 48.3 Å². The third-order valence-electron chi connectivity index (χ3n) is 6.57. The lowest BCUT2D eigenvalue weighted by molar-refractivity contribution is 0.0171. The molecule has 3 rings (SSSR count). The summed E-state index contributed by atoms with van der Waals surface area (Å²) >= 11 is 0. The summed E-state index contributed by atoms with van der Waals surface area (Å²) in [6.45, 7) is 6.45. The van der Waals surface area contributed by atoms with E-state index in [4.69, 9.17) is 0 Å². The van der Waals surface area contributed by atoms with Crippen molar-refractivity contribution in [3.05, 3.63) is 0 Å². The predicted molar refractivity (Wildman–Crippen MR) is 91.9 cm³/mol. The van der Waals surface area contributed by atoms with Gasteiger partial charge in [0.05, 0.1) is 0 Å². The molecule has 0 spiro atoms. The van der Waals surface area contributed by atoms with Crippen LogP contribution in [0.15, 0.2) is 0 Å². The van der Waals surface area contributed by atoms with E-state index in [0.29, 0.717) is 18.6 Å². The molecule has 1 saturated heterocycles. The second-order valence-corrected chi connectivity index (χ2v) is 8.30. The number of nitrogens with one attached hydrogen (secondary N) is 1. The fraction of sp³-hybridized carbons (Fsp3) is 1.00. The number of likely N-dealkylation sites (tertiary alicyclic amines) is 1. The highest BCUT2D eigenvalue weighted by molar-refractivity contribution is 4.93. The van der Waals surface area contributed by atoms with Gasteiger partial charge >= 0.3 is 0 Å². The Kier molecular flexibility index (Phi) is 6.17. The maximum atomic E-state index is 9.35. The van der Waals surface area contributed by atoms with E-state index in [1.54, 1.807) is 0 Å². The van der Waals surface area contributed by atoms with Gasteiger partial charge in [0.15, 0.2) is 0 Å². The van der Waals surface area contributed by atoms with Gasteiger partial charge in [-0.2, -0.15) is 0 Å². The number of hydrogen-bond acceptors (Lipinski definition) is 3. The lowest BCUT2D eigenvalue weighted by Gasteiger charge is -2.48. The molecular weight excluding hydrogens is 272 g/mol. The molecule has 2 saturated carbocycles. The van der Waals surface area contributed by atoms with Crippen LogP contribution in [0.2, 0.25) is 0 Å². The molecule has 0 aromatic carbocycles. The van der Waals surface area contributed by atoms with Gasteiger partial charge in [-0.1, -0.05) is 26.2 Å². The minimum Gasteiger partial charge on any atom is -0.396 e. The van der Waals surface area contributed by atoms with Crippen LogP contribution in [0.5, 0.6) is 0 Å². The van der Waals surface area contributed by atoms with Crippen molar-refractivity contribution in [3.63, 3.8) is 0 Å². The van der Waals surface area contributed by atoms with Crippen LogP contribution in [0.4, 0.5) is 0 Å². The van der Waals surface area contributed by atoms with E-state index in [9.17, 15) is 5.11 Å². The van der Waals surface area contributed by atoms with Crippen molar-refractivity contribution >= 4 is 0 Å². The lowest BCUT2D eigenvalue weighted by Crippen LogP contribution is -2.57. The Balaban J connectivity index is 1.50. The van der Waals surface area contributed by atoms with Gasteiger partial charge in [0.2, 0.25) is 0 Å². The SMILES string of the molecule is CC1CCC1N1CC(CCO)CC(NCC2CCCCC2)C1. The highest BCUT2D eigenvalue weighted by atomic mass is 16.3. The number of piperidine rings is 1. The second kappa shape index (κ2) is 8.12. The third kappa shape index (κ3) is 4.24. The van der Waals surface area contributed by atoms with Gasteiger partial charge in [-0.3, -0.25) is 4.90 Å². The summed E-state index contributed by atoms with van der Waals surface area (Å²) in [4.78, 5) is 2.75. The molecule has 3 nitrogen and oxygen atoms in total. The van der Waals surface area contributed by atoms with Gasteiger partial charge < -0.3 is 10.4 Å². The van der Waals surface area contributed by atoms with E-state index in [-0.39, 0.29) is 0 Å². The quantitative estimate of drug-likeness (QED) is 0.792. The molecule has 3 heteroatoms. The van der Waals surface area contributed by atoms with Crippen LogP contribution < -0.4 is 5.32 Å². The molecule has 22 heavy (non-hydrogen) atoms. The van der Waals surface area contributed by atoms with Crippen molar-refractivity contribution < 1.29 is 5.11 Å². The van der Waals surface area contributed by atoms with Gasteiger partial charge in [0.1, 0.15) is 0 Å². The van der Waals surface area contributed by atoms with Crippen molar-refractivity contribution in [3.8, 4) is 0 Å². The molecule has 2 aliphatic carbocycles. The second-order valence-electron chi connectivity index (χ2n) is 8.30. The van der Waals surface area contributed by atoms with E-state index in [0.717, 1.165) is 24.3 Å². The summed E-state index contributed by atoms with van der Waals surface area (Å²) in [6.07, 6.45) is 12.3. The van der Waals surface area contributed by atoms with Gasteiger partial charge in [0, 0.05) is 31.8 Å². The largest absolute Gasteiger partial charge is 0.396 e. The Morgan fingerprint density at radius 3 is 2.45 bits per heavy atom. The third-order valence-corrected chi connectivity index (χ3v) is 6.57. The summed E-state index contributed by atoms with van der Waals surface area (Å²) in [6, 6.07) is 1.47. The molecule has 2 N–H and O–H groups in total. The van der Waals surface area contributed by atoms with Crippen LogP contribution in [0.1, 0.15) is 64.7 Å². The normalized spacial score (nSPS) is 37.9. The standard InChI is InChI=1S/C19H36N2O/c1-15-7-8-19(15)21-13-17(9-10-22)11-18(14-21)20-12-16-5-3-2-4-6-16/h15-20,22H,2-14H2,1H3. The molecule has 0 radical (unpaired) electrons. The van der Waals surface area contributed by atoms with Gasteiger partial charge in [-0.15, -0.1) is 0 Å². The summed E-state index contributed by atoms with van der Waals surface area (Å²) < 4.78 is 0. The summed E-state index contributed by atoms with van der Waals surface area (Å²) in [7, 11) is 0. The zero-order chi connectivity index (χ0) is 15.4. The van der Waals surface area contributed by atoms with Crippen molar-refractivity contribution in [1.82, 2.24) is 10.2 Å². The van der Waals surface area contributed by atoms with Crippen molar-refractivity contribution in [2.24, 2.45) is 17.8 Å². The minimum absolute atomic E-state index is 0.355. The summed E-state index contributed by atoms with van der Waals surface area (Å²) in [5.41, 5.74) is 0. The van der Waals surface area contributed by atoms with E-state index in [1.165, 1.54) is 71.0 Å². The molecular formula is C19H36N2O. The molecule has 0 amide bonds. The zero-order valence-electron chi connectivity index (χ0n) is 14.5. The number of aliphatic hydroxyl groups excluding tert-OH is 1. The molecule has 3 aliphatic rings. The van der Waals surface area contributed by atoms with Crippen LogP contribution in [0, 0.1) is 17.8 Å². The maximum Gasteiger partial charge on any atom is 0.0434 e. The highest BCUT2D eigenvalue weighted by Gasteiger charge is 2.37. The van der Waals surface area contributed by atoms with Crippen molar-refractivity contribution in [1.29, 1.82) is 0 Å². The van der Waals surface area contributed by atoms with E-state index < -0.39 is 0 Å². The Bertz CT molecular complexity index is 329. The molecule has 4 unspecified atom stereocenters. The molecule has 0 aromatic rings. The highest BCUT2D eigenvalue weighted by Crippen LogP contribution is 2.35. The number of nitrogens with zero attached hydrogens (tertiary/aromatic N) is 1. The first-order valence-corrected chi connectivity index (χ1v) is 9.84. The van der Waals surface area contributed by atoms with Crippen LogP contribution in [0.3, 0.4) is 0 Å². The first kappa shape index (κ1) is 16.7. The lowest BCUT2D eigenvalue weighted by atomic mass is 9.78. The molecule has 1 aliphatic heterocycles. The first-order chi connectivity index (χ1) is 10.8. The first-order valence-electron chi connectivity index (χ1n) is 9.84. The predicted octanol–water partition coefficient (Wildman–Crippen LogP) is 3.03. The van der Waals surface area contributed by atoms with Crippen molar-refractivity contribution in [2.75, 3.05) is 26.2 Å². The van der Waals surface area contributed by atoms with Crippen LogP contribution in [-0.2, 0) is 0 Å². The fourth-order valence-corrected chi connectivity index (χ4v) is 4.97. The fourth-order valence-electron chi connectivity index (χ4n) is 4.97. The van der Waals surface area contributed by atoms with E-state index >= 15 is 0 Å². The van der Waals surface area contributed by atoms with Crippen LogP contribution >= 0.6 is 0 Å². The molecule has 0 aromatic heterocycles.